The van der Waals surface area contributed by atoms with Crippen LogP contribution in [0.4, 0.5) is 0 Å². The van der Waals surface area contributed by atoms with E-state index in [2.05, 4.69) is 25.7 Å². The molecule has 2 unspecified atom stereocenters. The summed E-state index contributed by atoms with van der Waals surface area (Å²) in [4.78, 5) is 14.6. The van der Waals surface area contributed by atoms with Gasteiger partial charge in [-0.15, -0.1) is 0 Å². The zero-order valence-corrected chi connectivity index (χ0v) is 12.6. The maximum absolute atomic E-state index is 12.2. The van der Waals surface area contributed by atoms with Crippen molar-refractivity contribution in [2.24, 2.45) is 11.8 Å². The number of ketones is 1. The zero-order valence-electron chi connectivity index (χ0n) is 10.3. The van der Waals surface area contributed by atoms with Crippen molar-refractivity contribution in [2.45, 2.75) is 49.0 Å². The lowest BCUT2D eigenvalue weighted by atomic mass is 9.80. The largest absolute Gasteiger partial charge is 0.294 e. The molecule has 2 fully saturated rings. The number of nitrogens with zero attached hydrogens (tertiary/aromatic N) is 1. The monoisotopic (exact) mass is 297 g/mol. The number of alkyl halides is 3. The number of fused-ring (bicyclic) bond motifs is 1. The summed E-state index contributed by atoms with van der Waals surface area (Å²) in [5.41, 5.74) is -0.0899. The molecule has 0 aliphatic carbocycles. The first-order chi connectivity index (χ1) is 7.70. The molecule has 0 bridgehead atoms. The van der Waals surface area contributed by atoms with Crippen LogP contribution in [0.2, 0.25) is 0 Å². The fraction of sp³-hybridized carbons (Fsp3) is 0.917. The highest BCUT2D eigenvalue weighted by atomic mass is 35.6. The standard InChI is InChI=1S/C12H18Cl3NO/c1-7(2)9-11(3)8(5-4-6-16(9)11)10(17)12(13,14)15/h7-9H,4-6H2,1-3H3/t8-,9-,11?,16?/m0/s1. The van der Waals surface area contributed by atoms with E-state index < -0.39 is 3.79 Å². The van der Waals surface area contributed by atoms with Crippen LogP contribution in [0.25, 0.3) is 0 Å². The highest BCUT2D eigenvalue weighted by Gasteiger charge is 2.67. The minimum absolute atomic E-state index is 0.0899. The Labute approximate surface area is 118 Å². The summed E-state index contributed by atoms with van der Waals surface area (Å²) in [6, 6.07) is 0.450. The average molecular weight is 299 g/mol. The maximum atomic E-state index is 12.2. The van der Waals surface area contributed by atoms with Crippen molar-refractivity contribution >= 4 is 40.6 Å². The van der Waals surface area contributed by atoms with Crippen LogP contribution in [-0.4, -0.2) is 32.6 Å². The predicted octanol–water partition coefficient (Wildman–Crippen LogP) is 3.43. The Morgan fingerprint density at radius 3 is 2.47 bits per heavy atom. The normalized spacial score (nSPS) is 41.2. The van der Waals surface area contributed by atoms with E-state index in [9.17, 15) is 4.79 Å². The third kappa shape index (κ3) is 2.11. The van der Waals surface area contributed by atoms with Gasteiger partial charge < -0.3 is 0 Å². The fourth-order valence-electron chi connectivity index (χ4n) is 3.67. The van der Waals surface area contributed by atoms with E-state index in [-0.39, 0.29) is 17.2 Å². The van der Waals surface area contributed by atoms with Crippen LogP contribution in [0, 0.1) is 11.8 Å². The molecular formula is C12H18Cl3NO. The van der Waals surface area contributed by atoms with Gasteiger partial charge in [0.05, 0.1) is 0 Å². The van der Waals surface area contributed by atoms with Crippen molar-refractivity contribution in [1.29, 1.82) is 0 Å². The molecule has 2 saturated heterocycles. The highest BCUT2D eigenvalue weighted by molar-refractivity contribution is 6.76. The van der Waals surface area contributed by atoms with Gasteiger partial charge >= 0.3 is 0 Å². The van der Waals surface area contributed by atoms with Crippen LogP contribution in [0.3, 0.4) is 0 Å². The third-order valence-electron chi connectivity index (χ3n) is 4.31. The van der Waals surface area contributed by atoms with E-state index in [1.807, 2.05) is 0 Å². The van der Waals surface area contributed by atoms with Crippen molar-refractivity contribution in [3.05, 3.63) is 0 Å². The molecule has 17 heavy (non-hydrogen) atoms. The smallest absolute Gasteiger partial charge is 0.249 e. The Bertz CT molecular complexity index is 339. The molecule has 2 aliphatic heterocycles. The van der Waals surface area contributed by atoms with Crippen molar-refractivity contribution in [2.75, 3.05) is 6.54 Å². The van der Waals surface area contributed by atoms with Gasteiger partial charge in [0.1, 0.15) is 0 Å². The lowest BCUT2D eigenvalue weighted by molar-refractivity contribution is -0.124. The van der Waals surface area contributed by atoms with Gasteiger partial charge in [-0.25, -0.2) is 0 Å². The minimum atomic E-state index is -1.78. The number of rotatable bonds is 2. The number of hydrogen-bond acceptors (Lipinski definition) is 2. The van der Waals surface area contributed by atoms with Gasteiger partial charge in [0, 0.05) is 17.5 Å². The summed E-state index contributed by atoms with van der Waals surface area (Å²) in [6.45, 7) is 7.56. The van der Waals surface area contributed by atoms with Gasteiger partial charge in [0.15, 0.2) is 5.78 Å². The van der Waals surface area contributed by atoms with Gasteiger partial charge in [-0.3, -0.25) is 9.69 Å². The van der Waals surface area contributed by atoms with Gasteiger partial charge in [-0.05, 0) is 32.2 Å². The first kappa shape index (κ1) is 13.9. The van der Waals surface area contributed by atoms with Crippen LogP contribution in [-0.2, 0) is 4.79 Å². The number of piperidine rings is 1. The molecule has 98 valence electrons. The molecule has 5 heteroatoms. The molecule has 0 N–H and O–H groups in total. The summed E-state index contributed by atoms with van der Waals surface area (Å²) in [6.07, 6.45) is 1.85. The Balaban J connectivity index is 2.22. The quantitative estimate of drug-likeness (QED) is 0.575. The van der Waals surface area contributed by atoms with E-state index in [1.165, 1.54) is 0 Å². The molecule has 2 nitrogen and oxygen atoms in total. The van der Waals surface area contributed by atoms with Gasteiger partial charge in [-0.1, -0.05) is 48.7 Å². The molecule has 0 saturated carbocycles. The third-order valence-corrected chi connectivity index (χ3v) is 4.87. The molecule has 0 aromatic carbocycles. The molecule has 0 spiro atoms. The second-order valence-electron chi connectivity index (χ2n) is 5.66. The van der Waals surface area contributed by atoms with Crippen molar-refractivity contribution in [3.63, 3.8) is 0 Å². The first-order valence-electron chi connectivity index (χ1n) is 6.08. The fourth-order valence-corrected chi connectivity index (χ4v) is 4.07. The Kier molecular flexibility index (Phi) is 3.49. The van der Waals surface area contributed by atoms with Crippen LogP contribution in [0.5, 0.6) is 0 Å². The summed E-state index contributed by atoms with van der Waals surface area (Å²) in [5.74, 6) is 0.151. The van der Waals surface area contributed by atoms with Crippen LogP contribution >= 0.6 is 34.8 Å². The topological polar surface area (TPSA) is 20.1 Å². The Hall–Kier alpha value is 0.500. The van der Waals surface area contributed by atoms with Crippen molar-refractivity contribution in [1.82, 2.24) is 4.90 Å². The number of hydrogen-bond donors (Lipinski definition) is 0. The second kappa shape index (κ2) is 4.26. The predicted molar refractivity (Wildman–Crippen MR) is 71.8 cm³/mol. The molecule has 4 atom stereocenters. The molecule has 2 heterocycles. The van der Waals surface area contributed by atoms with Crippen molar-refractivity contribution in [3.8, 4) is 0 Å². The molecule has 0 aromatic heterocycles. The first-order valence-corrected chi connectivity index (χ1v) is 7.22. The number of carbonyl (C=O) groups is 1. The van der Waals surface area contributed by atoms with Crippen molar-refractivity contribution < 1.29 is 4.79 Å². The number of Topliss-reactive ketones (excluding diaryl/α,β-unsaturated/α-hetero) is 1. The minimum Gasteiger partial charge on any atom is -0.294 e. The number of halogens is 3. The van der Waals surface area contributed by atoms with Crippen LogP contribution < -0.4 is 0 Å². The van der Waals surface area contributed by atoms with Gasteiger partial charge in [0.2, 0.25) is 3.79 Å². The van der Waals surface area contributed by atoms with E-state index in [0.717, 1.165) is 19.4 Å². The van der Waals surface area contributed by atoms with Gasteiger partial charge in [0.25, 0.3) is 0 Å². The summed E-state index contributed by atoms with van der Waals surface area (Å²) in [7, 11) is 0. The SMILES string of the molecule is CC(C)[C@@H]1N2CCC[C@@H](C(=O)C(Cl)(Cl)Cl)C12C. The summed E-state index contributed by atoms with van der Waals surface area (Å²) >= 11 is 17.3. The zero-order chi connectivity index (χ0) is 13.0. The molecule has 0 radical (unpaired) electrons. The lowest BCUT2D eigenvalue weighted by Crippen LogP contribution is -2.42. The molecular weight excluding hydrogens is 280 g/mol. The Morgan fingerprint density at radius 1 is 1.41 bits per heavy atom. The highest BCUT2D eigenvalue weighted by Crippen LogP contribution is 2.56. The lowest BCUT2D eigenvalue weighted by Gasteiger charge is -2.30. The van der Waals surface area contributed by atoms with Gasteiger partial charge in [-0.2, -0.15) is 0 Å². The molecule has 0 amide bonds. The second-order valence-corrected chi connectivity index (χ2v) is 7.95. The molecule has 0 aromatic rings. The summed E-state index contributed by atoms with van der Waals surface area (Å²) in [5, 5.41) is 0. The van der Waals surface area contributed by atoms with E-state index in [1.54, 1.807) is 0 Å². The summed E-state index contributed by atoms with van der Waals surface area (Å²) < 4.78 is -1.78. The average Bonchev–Trinajstić information content (AvgIpc) is 2.80. The van der Waals surface area contributed by atoms with Crippen LogP contribution in [0.1, 0.15) is 33.6 Å². The molecule has 2 rings (SSSR count). The number of carbonyl (C=O) groups excluding carboxylic acids is 1. The molecule has 2 aliphatic rings. The van der Waals surface area contributed by atoms with E-state index >= 15 is 0 Å². The Morgan fingerprint density at radius 2 is 2.00 bits per heavy atom. The van der Waals surface area contributed by atoms with E-state index in [0.29, 0.717) is 12.0 Å². The van der Waals surface area contributed by atoms with E-state index in [4.69, 9.17) is 34.8 Å². The van der Waals surface area contributed by atoms with Crippen LogP contribution in [0.15, 0.2) is 0 Å². The maximum Gasteiger partial charge on any atom is 0.249 e.